The van der Waals surface area contributed by atoms with E-state index in [4.69, 9.17) is 4.74 Å². The molecule has 1 amide bonds. The van der Waals surface area contributed by atoms with E-state index in [0.29, 0.717) is 11.3 Å². The minimum absolute atomic E-state index is 0.156. The van der Waals surface area contributed by atoms with Crippen molar-refractivity contribution in [1.82, 2.24) is 9.55 Å². The molecule has 0 bridgehead atoms. The van der Waals surface area contributed by atoms with E-state index in [9.17, 15) is 4.79 Å². The molecule has 2 aromatic carbocycles. The standard InChI is InChI=1S/C20H21N3O2/c1-14-4-7-17(12-19(14)25-3)20(24)22-18-8-5-16(6-9-18)13-23-11-10-21-15(23)2/h4-12H,13H2,1-3H3,(H,22,24). The summed E-state index contributed by atoms with van der Waals surface area (Å²) in [6.45, 7) is 4.68. The number of aryl methyl sites for hydroxylation is 2. The number of rotatable bonds is 5. The number of aromatic nitrogens is 2. The van der Waals surface area contributed by atoms with Gasteiger partial charge in [-0.3, -0.25) is 4.79 Å². The highest BCUT2D eigenvalue weighted by atomic mass is 16.5. The van der Waals surface area contributed by atoms with Gasteiger partial charge in [-0.05, 0) is 49.2 Å². The molecule has 0 radical (unpaired) electrons. The highest BCUT2D eigenvalue weighted by Crippen LogP contribution is 2.20. The predicted octanol–water partition coefficient (Wildman–Crippen LogP) is 3.81. The largest absolute Gasteiger partial charge is 0.496 e. The van der Waals surface area contributed by atoms with Crippen LogP contribution in [-0.4, -0.2) is 22.6 Å². The fraction of sp³-hybridized carbons (Fsp3) is 0.200. The number of ether oxygens (including phenoxy) is 1. The zero-order chi connectivity index (χ0) is 17.8. The van der Waals surface area contributed by atoms with E-state index in [1.165, 1.54) is 0 Å². The number of benzene rings is 2. The molecule has 0 aliphatic rings. The van der Waals surface area contributed by atoms with E-state index < -0.39 is 0 Å². The molecule has 0 spiro atoms. The van der Waals surface area contributed by atoms with Crippen LogP contribution in [-0.2, 0) is 6.54 Å². The summed E-state index contributed by atoms with van der Waals surface area (Å²) >= 11 is 0. The fourth-order valence-electron chi connectivity index (χ4n) is 2.63. The zero-order valence-corrected chi connectivity index (χ0v) is 14.6. The summed E-state index contributed by atoms with van der Waals surface area (Å²) in [5, 5.41) is 2.91. The monoisotopic (exact) mass is 335 g/mol. The number of anilines is 1. The summed E-state index contributed by atoms with van der Waals surface area (Å²) < 4.78 is 7.35. The van der Waals surface area contributed by atoms with Gasteiger partial charge >= 0.3 is 0 Å². The first-order chi connectivity index (χ1) is 12.1. The van der Waals surface area contributed by atoms with Crippen molar-refractivity contribution in [2.75, 3.05) is 12.4 Å². The highest BCUT2D eigenvalue weighted by Gasteiger charge is 2.09. The third-order valence-corrected chi connectivity index (χ3v) is 4.16. The second-order valence-electron chi connectivity index (χ2n) is 5.94. The molecule has 1 heterocycles. The Bertz CT molecular complexity index is 882. The van der Waals surface area contributed by atoms with Crippen LogP contribution in [0.4, 0.5) is 5.69 Å². The first kappa shape index (κ1) is 16.8. The third kappa shape index (κ3) is 3.88. The Kier molecular flexibility index (Phi) is 4.84. The molecule has 25 heavy (non-hydrogen) atoms. The van der Waals surface area contributed by atoms with Crippen LogP contribution in [0.25, 0.3) is 0 Å². The highest BCUT2D eigenvalue weighted by molar-refractivity contribution is 6.04. The van der Waals surface area contributed by atoms with E-state index >= 15 is 0 Å². The number of imidazole rings is 1. The number of nitrogens with one attached hydrogen (secondary N) is 1. The van der Waals surface area contributed by atoms with Crippen LogP contribution in [0.1, 0.15) is 27.3 Å². The van der Waals surface area contributed by atoms with Crippen molar-refractivity contribution in [2.45, 2.75) is 20.4 Å². The van der Waals surface area contributed by atoms with E-state index in [-0.39, 0.29) is 5.91 Å². The Balaban J connectivity index is 1.68. The van der Waals surface area contributed by atoms with Crippen molar-refractivity contribution in [1.29, 1.82) is 0 Å². The second-order valence-corrected chi connectivity index (χ2v) is 5.94. The minimum atomic E-state index is -0.156. The summed E-state index contributed by atoms with van der Waals surface area (Å²) in [7, 11) is 1.60. The van der Waals surface area contributed by atoms with Gasteiger partial charge in [-0.2, -0.15) is 0 Å². The maximum atomic E-state index is 12.4. The van der Waals surface area contributed by atoms with Gasteiger partial charge in [0.05, 0.1) is 7.11 Å². The number of carbonyl (C=O) groups is 1. The summed E-state index contributed by atoms with van der Waals surface area (Å²) in [4.78, 5) is 16.6. The van der Waals surface area contributed by atoms with Crippen LogP contribution < -0.4 is 10.1 Å². The maximum absolute atomic E-state index is 12.4. The Morgan fingerprint density at radius 1 is 1.16 bits per heavy atom. The SMILES string of the molecule is COc1cc(C(=O)Nc2ccc(Cn3ccnc3C)cc2)ccc1C. The van der Waals surface area contributed by atoms with Gasteiger partial charge in [-0.25, -0.2) is 4.98 Å². The van der Waals surface area contributed by atoms with Gasteiger partial charge in [0.15, 0.2) is 0 Å². The summed E-state index contributed by atoms with van der Waals surface area (Å²) in [6.07, 6.45) is 3.75. The van der Waals surface area contributed by atoms with Crippen LogP contribution in [0.5, 0.6) is 5.75 Å². The van der Waals surface area contributed by atoms with Gasteiger partial charge in [-0.15, -0.1) is 0 Å². The van der Waals surface area contributed by atoms with Gasteiger partial charge in [-0.1, -0.05) is 18.2 Å². The van der Waals surface area contributed by atoms with Gasteiger partial charge in [0.2, 0.25) is 0 Å². The van der Waals surface area contributed by atoms with E-state index in [1.54, 1.807) is 25.4 Å². The molecule has 1 N–H and O–H groups in total. The molecule has 128 valence electrons. The number of nitrogens with zero attached hydrogens (tertiary/aromatic N) is 2. The molecule has 5 heteroatoms. The normalized spacial score (nSPS) is 10.5. The Morgan fingerprint density at radius 3 is 2.56 bits per heavy atom. The Labute approximate surface area is 147 Å². The molecule has 0 atom stereocenters. The van der Waals surface area contributed by atoms with Crippen molar-refractivity contribution >= 4 is 11.6 Å². The number of hydrogen-bond acceptors (Lipinski definition) is 3. The van der Waals surface area contributed by atoms with Crippen molar-refractivity contribution < 1.29 is 9.53 Å². The molecule has 0 saturated heterocycles. The summed E-state index contributed by atoms with van der Waals surface area (Å²) in [5.41, 5.74) is 3.48. The first-order valence-corrected chi connectivity index (χ1v) is 8.09. The average molecular weight is 335 g/mol. The number of amides is 1. The minimum Gasteiger partial charge on any atom is -0.496 e. The van der Waals surface area contributed by atoms with Crippen molar-refractivity contribution in [3.05, 3.63) is 77.4 Å². The van der Waals surface area contributed by atoms with Crippen LogP contribution in [0, 0.1) is 13.8 Å². The van der Waals surface area contributed by atoms with Gasteiger partial charge in [0.25, 0.3) is 5.91 Å². The number of carbonyl (C=O) groups excluding carboxylic acids is 1. The molecule has 0 unspecified atom stereocenters. The molecule has 5 nitrogen and oxygen atoms in total. The smallest absolute Gasteiger partial charge is 0.255 e. The molecule has 3 aromatic rings. The zero-order valence-electron chi connectivity index (χ0n) is 14.6. The molecular formula is C20H21N3O2. The van der Waals surface area contributed by atoms with Gasteiger partial charge < -0.3 is 14.6 Å². The van der Waals surface area contributed by atoms with Crippen molar-refractivity contribution in [3.63, 3.8) is 0 Å². The van der Waals surface area contributed by atoms with Crippen molar-refractivity contribution in [3.8, 4) is 5.75 Å². The molecular weight excluding hydrogens is 314 g/mol. The predicted molar refractivity (Wildman–Crippen MR) is 98.2 cm³/mol. The molecule has 3 rings (SSSR count). The molecule has 0 aliphatic carbocycles. The maximum Gasteiger partial charge on any atom is 0.255 e. The van der Waals surface area contributed by atoms with Crippen LogP contribution in [0.2, 0.25) is 0 Å². The lowest BCUT2D eigenvalue weighted by molar-refractivity contribution is 0.102. The van der Waals surface area contributed by atoms with Gasteiger partial charge in [0.1, 0.15) is 11.6 Å². The lowest BCUT2D eigenvalue weighted by Gasteiger charge is -2.10. The topological polar surface area (TPSA) is 56.1 Å². The number of hydrogen-bond donors (Lipinski definition) is 1. The Hall–Kier alpha value is -3.08. The average Bonchev–Trinajstić information content (AvgIpc) is 3.02. The first-order valence-electron chi connectivity index (χ1n) is 8.09. The quantitative estimate of drug-likeness (QED) is 0.771. The van der Waals surface area contributed by atoms with E-state index in [1.807, 2.05) is 50.4 Å². The Morgan fingerprint density at radius 2 is 1.92 bits per heavy atom. The lowest BCUT2D eigenvalue weighted by Crippen LogP contribution is -2.12. The van der Waals surface area contributed by atoms with Gasteiger partial charge in [0, 0.05) is 30.2 Å². The fourth-order valence-corrected chi connectivity index (χ4v) is 2.63. The summed E-state index contributed by atoms with van der Waals surface area (Å²) in [5.74, 6) is 1.53. The van der Waals surface area contributed by atoms with E-state index in [0.717, 1.165) is 29.2 Å². The molecule has 1 aromatic heterocycles. The number of methoxy groups -OCH3 is 1. The lowest BCUT2D eigenvalue weighted by atomic mass is 10.1. The van der Waals surface area contributed by atoms with Crippen LogP contribution in [0.3, 0.4) is 0 Å². The molecule has 0 saturated carbocycles. The third-order valence-electron chi connectivity index (χ3n) is 4.16. The van der Waals surface area contributed by atoms with E-state index in [2.05, 4.69) is 14.9 Å². The van der Waals surface area contributed by atoms with Crippen LogP contribution >= 0.6 is 0 Å². The molecule has 0 fully saturated rings. The second kappa shape index (κ2) is 7.21. The summed E-state index contributed by atoms with van der Waals surface area (Å²) in [6, 6.07) is 13.2. The molecule has 0 aliphatic heterocycles. The van der Waals surface area contributed by atoms with Crippen LogP contribution in [0.15, 0.2) is 54.9 Å². The van der Waals surface area contributed by atoms with Crippen molar-refractivity contribution in [2.24, 2.45) is 0 Å².